The minimum Gasteiger partial charge on any atom is -0.378 e. The Bertz CT molecular complexity index is 1090. The van der Waals surface area contributed by atoms with E-state index in [-0.39, 0.29) is 5.91 Å². The number of rotatable bonds is 8. The topological polar surface area (TPSA) is 57.7 Å². The first-order valence-electron chi connectivity index (χ1n) is 12.7. The molecule has 6 nitrogen and oxygen atoms in total. The number of hydrogen-bond acceptors (Lipinski definition) is 6. The highest BCUT2D eigenvalue weighted by Crippen LogP contribution is 2.31. The third kappa shape index (κ3) is 6.28. The van der Waals surface area contributed by atoms with Crippen LogP contribution in [0.3, 0.4) is 0 Å². The second-order valence-corrected chi connectivity index (χ2v) is 10.2. The van der Waals surface area contributed by atoms with E-state index in [1.165, 1.54) is 12.0 Å². The van der Waals surface area contributed by atoms with Crippen molar-refractivity contribution >= 4 is 28.6 Å². The lowest BCUT2D eigenvalue weighted by Crippen LogP contribution is -2.36. The Morgan fingerprint density at radius 3 is 2.54 bits per heavy atom. The van der Waals surface area contributed by atoms with Gasteiger partial charge in [0.1, 0.15) is 5.69 Å². The molecular weight excluding hydrogens is 456 g/mol. The lowest BCUT2D eigenvalue weighted by atomic mass is 9.97. The standard InChI is InChI=1S/C28H34N4O2S/c33-27(29-24-10-4-5-11-26(24)32-17-19-34-20-18-32)25-21-35-28(30-25)23-12-15-31(16-13-23)14-6-9-22-7-2-1-3-8-22/h1-5,7-8,10-11,21,23H,6,9,12-20H2,(H,29,33). The SMILES string of the molecule is O=C(Nc1ccccc1N1CCOCC1)c1csc(C2CCN(CCCc3ccccc3)CC2)n1. The van der Waals surface area contributed by atoms with Gasteiger partial charge in [-0.2, -0.15) is 0 Å². The number of ether oxygens (including phenoxy) is 1. The third-order valence-electron chi connectivity index (χ3n) is 6.98. The van der Waals surface area contributed by atoms with Crippen LogP contribution in [0.25, 0.3) is 0 Å². The van der Waals surface area contributed by atoms with Crippen molar-refractivity contribution in [1.82, 2.24) is 9.88 Å². The average molecular weight is 491 g/mol. The van der Waals surface area contributed by atoms with Crippen molar-refractivity contribution in [3.05, 3.63) is 76.2 Å². The summed E-state index contributed by atoms with van der Waals surface area (Å²) < 4.78 is 5.48. The molecule has 2 saturated heterocycles. The van der Waals surface area contributed by atoms with E-state index >= 15 is 0 Å². The van der Waals surface area contributed by atoms with Crippen LogP contribution in [0.1, 0.15) is 46.2 Å². The van der Waals surface area contributed by atoms with Crippen molar-refractivity contribution in [2.45, 2.75) is 31.6 Å². The van der Waals surface area contributed by atoms with Gasteiger partial charge in [-0.1, -0.05) is 42.5 Å². The zero-order chi connectivity index (χ0) is 23.9. The summed E-state index contributed by atoms with van der Waals surface area (Å²) >= 11 is 1.63. The number of thiazole rings is 1. The molecule has 1 N–H and O–H groups in total. The van der Waals surface area contributed by atoms with E-state index in [0.717, 1.165) is 68.4 Å². The summed E-state index contributed by atoms with van der Waals surface area (Å²) in [5.74, 6) is 0.319. The number of piperidine rings is 1. The van der Waals surface area contributed by atoms with Gasteiger partial charge in [0.15, 0.2) is 0 Å². The summed E-state index contributed by atoms with van der Waals surface area (Å²) in [5.41, 5.74) is 3.81. The maximum absolute atomic E-state index is 13.0. The van der Waals surface area contributed by atoms with E-state index < -0.39 is 0 Å². The molecule has 1 amide bonds. The molecule has 0 spiro atoms. The van der Waals surface area contributed by atoms with Gasteiger partial charge in [-0.15, -0.1) is 11.3 Å². The number of amides is 1. The molecule has 3 heterocycles. The van der Waals surface area contributed by atoms with Gasteiger partial charge < -0.3 is 19.9 Å². The number of morpholine rings is 1. The largest absolute Gasteiger partial charge is 0.378 e. The molecule has 7 heteroatoms. The third-order valence-corrected chi connectivity index (χ3v) is 7.99. The Morgan fingerprint density at radius 1 is 1.00 bits per heavy atom. The number of aromatic nitrogens is 1. The van der Waals surface area contributed by atoms with Crippen LogP contribution in [0.5, 0.6) is 0 Å². The van der Waals surface area contributed by atoms with Gasteiger partial charge in [0.2, 0.25) is 0 Å². The molecule has 0 radical (unpaired) electrons. The summed E-state index contributed by atoms with van der Waals surface area (Å²) in [5, 5.41) is 6.11. The molecule has 2 fully saturated rings. The molecule has 0 saturated carbocycles. The molecular formula is C28H34N4O2S. The number of anilines is 2. The van der Waals surface area contributed by atoms with Crippen LogP contribution in [-0.4, -0.2) is 61.7 Å². The fraction of sp³-hybridized carbons (Fsp3) is 0.429. The average Bonchev–Trinajstić information content (AvgIpc) is 3.41. The molecule has 5 rings (SSSR count). The van der Waals surface area contributed by atoms with Crippen LogP contribution in [0, 0.1) is 0 Å². The molecule has 35 heavy (non-hydrogen) atoms. The van der Waals surface area contributed by atoms with E-state index in [0.29, 0.717) is 24.8 Å². The monoisotopic (exact) mass is 490 g/mol. The van der Waals surface area contributed by atoms with E-state index in [1.54, 1.807) is 11.3 Å². The number of para-hydroxylation sites is 2. The van der Waals surface area contributed by atoms with Gasteiger partial charge in [-0.05, 0) is 63.0 Å². The number of carbonyl (C=O) groups is 1. The predicted molar refractivity (Wildman–Crippen MR) is 143 cm³/mol. The van der Waals surface area contributed by atoms with Gasteiger partial charge in [0, 0.05) is 24.4 Å². The fourth-order valence-corrected chi connectivity index (χ4v) is 5.95. The van der Waals surface area contributed by atoms with E-state index in [4.69, 9.17) is 9.72 Å². The van der Waals surface area contributed by atoms with Crippen molar-refractivity contribution in [3.8, 4) is 0 Å². The first-order valence-corrected chi connectivity index (χ1v) is 13.6. The van der Waals surface area contributed by atoms with Crippen LogP contribution in [-0.2, 0) is 11.2 Å². The van der Waals surface area contributed by atoms with Crippen molar-refractivity contribution in [1.29, 1.82) is 0 Å². The highest BCUT2D eigenvalue weighted by atomic mass is 32.1. The summed E-state index contributed by atoms with van der Waals surface area (Å²) in [6, 6.07) is 18.7. The Kier molecular flexibility index (Phi) is 8.08. The Hall–Kier alpha value is -2.74. The van der Waals surface area contributed by atoms with E-state index in [9.17, 15) is 4.79 Å². The van der Waals surface area contributed by atoms with Crippen LogP contribution in [0.4, 0.5) is 11.4 Å². The van der Waals surface area contributed by atoms with Crippen molar-refractivity contribution in [2.24, 2.45) is 0 Å². The number of aryl methyl sites for hydroxylation is 1. The molecule has 0 aliphatic carbocycles. The van der Waals surface area contributed by atoms with Crippen LogP contribution in [0.2, 0.25) is 0 Å². The molecule has 0 unspecified atom stereocenters. The summed E-state index contributed by atoms with van der Waals surface area (Å²) in [7, 11) is 0. The maximum atomic E-state index is 13.0. The number of hydrogen-bond donors (Lipinski definition) is 1. The molecule has 3 aromatic rings. The number of nitrogens with zero attached hydrogens (tertiary/aromatic N) is 3. The van der Waals surface area contributed by atoms with Crippen molar-refractivity contribution in [2.75, 3.05) is 56.2 Å². The zero-order valence-corrected chi connectivity index (χ0v) is 21.0. The smallest absolute Gasteiger partial charge is 0.275 e. The first-order chi connectivity index (χ1) is 17.3. The molecule has 2 aliphatic heterocycles. The Labute approximate surface area is 211 Å². The van der Waals surface area contributed by atoms with E-state index in [1.807, 2.05) is 23.6 Å². The number of likely N-dealkylation sites (tertiary alicyclic amines) is 1. The summed E-state index contributed by atoms with van der Waals surface area (Å²) in [4.78, 5) is 22.6. The Balaban J connectivity index is 1.12. The predicted octanol–water partition coefficient (Wildman–Crippen LogP) is 5.04. The van der Waals surface area contributed by atoms with Gasteiger partial charge in [0.05, 0.1) is 29.6 Å². The van der Waals surface area contributed by atoms with Crippen molar-refractivity contribution < 1.29 is 9.53 Å². The highest BCUT2D eigenvalue weighted by Gasteiger charge is 2.24. The molecule has 2 aromatic carbocycles. The Morgan fingerprint density at radius 2 is 1.74 bits per heavy atom. The number of carbonyl (C=O) groups excluding carboxylic acids is 1. The molecule has 2 aliphatic rings. The van der Waals surface area contributed by atoms with Crippen LogP contribution in [0.15, 0.2) is 60.0 Å². The van der Waals surface area contributed by atoms with Gasteiger partial charge >= 0.3 is 0 Å². The van der Waals surface area contributed by atoms with Crippen molar-refractivity contribution in [3.63, 3.8) is 0 Å². The second-order valence-electron chi connectivity index (χ2n) is 9.35. The normalized spacial score (nSPS) is 17.4. The minimum absolute atomic E-state index is 0.133. The summed E-state index contributed by atoms with van der Waals surface area (Å²) in [6.45, 7) is 6.45. The highest BCUT2D eigenvalue weighted by molar-refractivity contribution is 7.10. The van der Waals surface area contributed by atoms with Gasteiger partial charge in [-0.3, -0.25) is 4.79 Å². The molecule has 0 atom stereocenters. The fourth-order valence-electron chi connectivity index (χ4n) is 4.98. The molecule has 1 aromatic heterocycles. The van der Waals surface area contributed by atoms with E-state index in [2.05, 4.69) is 51.5 Å². The van der Waals surface area contributed by atoms with Crippen LogP contribution < -0.4 is 10.2 Å². The minimum atomic E-state index is -0.133. The lowest BCUT2D eigenvalue weighted by Gasteiger charge is -2.31. The summed E-state index contributed by atoms with van der Waals surface area (Å²) in [6.07, 6.45) is 4.56. The molecule has 184 valence electrons. The first kappa shape index (κ1) is 24.0. The quantitative estimate of drug-likeness (QED) is 0.479. The second kappa shape index (κ2) is 11.8. The number of benzene rings is 2. The maximum Gasteiger partial charge on any atom is 0.275 e. The zero-order valence-electron chi connectivity index (χ0n) is 20.2. The van der Waals surface area contributed by atoms with Crippen LogP contribution >= 0.6 is 11.3 Å². The lowest BCUT2D eigenvalue weighted by molar-refractivity contribution is 0.102. The van der Waals surface area contributed by atoms with Gasteiger partial charge in [-0.25, -0.2) is 4.98 Å². The van der Waals surface area contributed by atoms with Gasteiger partial charge in [0.25, 0.3) is 5.91 Å². The molecule has 0 bridgehead atoms. The number of nitrogens with one attached hydrogen (secondary N) is 1.